The fourth-order valence-corrected chi connectivity index (χ4v) is 2.27. The smallest absolute Gasteiger partial charge is 0.274 e. The number of carbonyl (C=O) groups is 1. The molecule has 0 aliphatic rings. The van der Waals surface area contributed by atoms with Crippen LogP contribution in [0.1, 0.15) is 35.3 Å². The van der Waals surface area contributed by atoms with Crippen molar-refractivity contribution >= 4 is 5.91 Å². The zero-order valence-corrected chi connectivity index (χ0v) is 13.2. The van der Waals surface area contributed by atoms with Crippen molar-refractivity contribution in [1.29, 1.82) is 0 Å². The van der Waals surface area contributed by atoms with Gasteiger partial charge >= 0.3 is 0 Å². The minimum atomic E-state index is -0.555. The summed E-state index contributed by atoms with van der Waals surface area (Å²) < 4.78 is 18.7. The van der Waals surface area contributed by atoms with Gasteiger partial charge in [-0.1, -0.05) is 26.0 Å². The van der Waals surface area contributed by atoms with Crippen molar-refractivity contribution in [1.82, 2.24) is 5.48 Å². The van der Waals surface area contributed by atoms with Crippen LogP contribution in [0, 0.1) is 11.7 Å². The average Bonchev–Trinajstić information content (AvgIpc) is 2.54. The highest BCUT2D eigenvalue weighted by Crippen LogP contribution is 2.24. The summed E-state index contributed by atoms with van der Waals surface area (Å²) >= 11 is 0. The molecule has 2 aromatic rings. The molecular formula is C18H20FNO3. The third-order valence-corrected chi connectivity index (χ3v) is 3.36. The van der Waals surface area contributed by atoms with E-state index in [9.17, 15) is 9.18 Å². The van der Waals surface area contributed by atoms with Crippen molar-refractivity contribution < 1.29 is 19.1 Å². The third-order valence-electron chi connectivity index (χ3n) is 3.36. The van der Waals surface area contributed by atoms with E-state index >= 15 is 0 Å². The molecule has 2 N–H and O–H groups in total. The van der Waals surface area contributed by atoms with Crippen LogP contribution in [0.3, 0.4) is 0 Å². The Hall–Kier alpha value is -2.40. The minimum Gasteiger partial charge on any atom is -0.489 e. The van der Waals surface area contributed by atoms with Gasteiger partial charge in [-0.3, -0.25) is 10.0 Å². The summed E-state index contributed by atoms with van der Waals surface area (Å²) in [5.41, 5.74) is 3.75. The topological polar surface area (TPSA) is 58.6 Å². The van der Waals surface area contributed by atoms with Gasteiger partial charge in [-0.2, -0.15) is 0 Å². The first-order valence-corrected chi connectivity index (χ1v) is 7.44. The van der Waals surface area contributed by atoms with E-state index in [-0.39, 0.29) is 5.82 Å². The molecule has 0 spiro atoms. The van der Waals surface area contributed by atoms with E-state index in [0.29, 0.717) is 23.8 Å². The van der Waals surface area contributed by atoms with Crippen molar-refractivity contribution in [2.45, 2.75) is 26.9 Å². The molecule has 0 atom stereocenters. The van der Waals surface area contributed by atoms with E-state index < -0.39 is 5.91 Å². The molecule has 0 aliphatic heterocycles. The molecule has 0 radical (unpaired) electrons. The van der Waals surface area contributed by atoms with Crippen molar-refractivity contribution in [3.63, 3.8) is 0 Å². The van der Waals surface area contributed by atoms with Gasteiger partial charge in [-0.15, -0.1) is 0 Å². The van der Waals surface area contributed by atoms with Crippen molar-refractivity contribution in [2.24, 2.45) is 5.92 Å². The van der Waals surface area contributed by atoms with E-state index in [0.717, 1.165) is 17.5 Å². The predicted octanol–water partition coefficient (Wildman–Crippen LogP) is 3.72. The Balaban J connectivity index is 2.18. The zero-order valence-electron chi connectivity index (χ0n) is 13.2. The van der Waals surface area contributed by atoms with Crippen molar-refractivity contribution in [2.75, 3.05) is 0 Å². The molecule has 23 heavy (non-hydrogen) atoms. The lowest BCUT2D eigenvalue weighted by Crippen LogP contribution is -2.19. The lowest BCUT2D eigenvalue weighted by molar-refractivity contribution is 0.0706. The lowest BCUT2D eigenvalue weighted by atomic mass is 9.99. The first-order chi connectivity index (χ1) is 11.0. The van der Waals surface area contributed by atoms with Crippen LogP contribution in [0.5, 0.6) is 5.75 Å². The highest BCUT2D eigenvalue weighted by Gasteiger charge is 2.11. The number of hydrogen-bond acceptors (Lipinski definition) is 3. The molecule has 0 aromatic heterocycles. The first-order valence-electron chi connectivity index (χ1n) is 7.44. The quantitative estimate of drug-likeness (QED) is 0.630. The molecule has 2 rings (SSSR count). The van der Waals surface area contributed by atoms with Crippen LogP contribution in [0.4, 0.5) is 4.39 Å². The Kier molecular flexibility index (Phi) is 5.71. The van der Waals surface area contributed by atoms with Gasteiger partial charge in [-0.25, -0.2) is 9.87 Å². The Morgan fingerprint density at radius 1 is 1.22 bits per heavy atom. The van der Waals surface area contributed by atoms with Crippen LogP contribution in [-0.4, -0.2) is 11.1 Å². The number of amides is 1. The lowest BCUT2D eigenvalue weighted by Gasteiger charge is -2.14. The molecule has 5 heteroatoms. The van der Waals surface area contributed by atoms with E-state index in [4.69, 9.17) is 9.94 Å². The van der Waals surface area contributed by atoms with Gasteiger partial charge in [0.2, 0.25) is 0 Å². The van der Waals surface area contributed by atoms with Crippen LogP contribution >= 0.6 is 0 Å². The van der Waals surface area contributed by atoms with Gasteiger partial charge in [-0.05, 0) is 53.8 Å². The highest BCUT2D eigenvalue weighted by atomic mass is 19.1. The van der Waals surface area contributed by atoms with Gasteiger partial charge in [0.1, 0.15) is 18.2 Å². The number of benzene rings is 2. The van der Waals surface area contributed by atoms with E-state index in [2.05, 4.69) is 13.8 Å². The van der Waals surface area contributed by atoms with Crippen LogP contribution in [0.2, 0.25) is 0 Å². The molecule has 1 amide bonds. The number of nitrogens with one attached hydrogen (secondary N) is 1. The van der Waals surface area contributed by atoms with E-state index in [1.165, 1.54) is 12.1 Å². The molecule has 0 fully saturated rings. The molecule has 2 aromatic carbocycles. The largest absolute Gasteiger partial charge is 0.489 e. The summed E-state index contributed by atoms with van der Waals surface area (Å²) in [5.74, 6) is 0.224. The molecule has 0 heterocycles. The maximum Gasteiger partial charge on any atom is 0.274 e. The van der Waals surface area contributed by atoms with E-state index in [1.54, 1.807) is 35.8 Å². The number of ether oxygens (including phenoxy) is 1. The summed E-state index contributed by atoms with van der Waals surface area (Å²) in [6.45, 7) is 4.46. The first kappa shape index (κ1) is 17.0. The average molecular weight is 317 g/mol. The summed E-state index contributed by atoms with van der Waals surface area (Å²) in [6, 6.07) is 11.1. The number of rotatable bonds is 6. The predicted molar refractivity (Wildman–Crippen MR) is 85.0 cm³/mol. The standard InChI is InChI=1S/C18H20FNO3/c1-12(2)9-15-10-14(18(21)20-22)5-8-17(15)23-11-13-3-6-16(19)7-4-13/h3-8,10,12,22H,9,11H2,1-2H3,(H,20,21). The molecule has 0 bridgehead atoms. The number of carbonyl (C=O) groups excluding carboxylic acids is 1. The molecule has 122 valence electrons. The van der Waals surface area contributed by atoms with Crippen LogP contribution in [-0.2, 0) is 13.0 Å². The second-order valence-corrected chi connectivity index (χ2v) is 5.78. The normalized spacial score (nSPS) is 10.7. The summed E-state index contributed by atoms with van der Waals surface area (Å²) in [7, 11) is 0. The second-order valence-electron chi connectivity index (χ2n) is 5.78. The van der Waals surface area contributed by atoms with Crippen molar-refractivity contribution in [3.05, 3.63) is 65.0 Å². The molecule has 0 aliphatic carbocycles. The monoisotopic (exact) mass is 317 g/mol. The minimum absolute atomic E-state index is 0.284. The molecule has 0 unspecified atom stereocenters. The van der Waals surface area contributed by atoms with Gasteiger partial charge in [0, 0.05) is 5.56 Å². The summed E-state index contributed by atoms with van der Waals surface area (Å²) in [5, 5.41) is 8.74. The van der Waals surface area contributed by atoms with Gasteiger partial charge in [0.15, 0.2) is 0 Å². The van der Waals surface area contributed by atoms with Gasteiger partial charge < -0.3 is 4.74 Å². The van der Waals surface area contributed by atoms with Crippen LogP contribution < -0.4 is 10.2 Å². The van der Waals surface area contributed by atoms with Gasteiger partial charge in [0.25, 0.3) is 5.91 Å². The zero-order chi connectivity index (χ0) is 16.8. The molecule has 0 saturated heterocycles. The Morgan fingerprint density at radius 3 is 2.52 bits per heavy atom. The maximum absolute atomic E-state index is 12.9. The number of hydroxylamine groups is 1. The Morgan fingerprint density at radius 2 is 1.91 bits per heavy atom. The molecule has 0 saturated carbocycles. The van der Waals surface area contributed by atoms with Gasteiger partial charge in [0.05, 0.1) is 0 Å². The number of halogens is 1. The fourth-order valence-electron chi connectivity index (χ4n) is 2.27. The summed E-state index contributed by atoms with van der Waals surface area (Å²) in [6.07, 6.45) is 0.741. The Labute approximate surface area is 134 Å². The fraction of sp³-hybridized carbons (Fsp3) is 0.278. The van der Waals surface area contributed by atoms with Crippen LogP contribution in [0.15, 0.2) is 42.5 Å². The SMILES string of the molecule is CC(C)Cc1cc(C(=O)NO)ccc1OCc1ccc(F)cc1. The summed E-state index contributed by atoms with van der Waals surface area (Å²) in [4.78, 5) is 11.5. The Bertz CT molecular complexity index is 668. The van der Waals surface area contributed by atoms with Crippen LogP contribution in [0.25, 0.3) is 0 Å². The van der Waals surface area contributed by atoms with E-state index in [1.807, 2.05) is 0 Å². The molecular weight excluding hydrogens is 297 g/mol. The highest BCUT2D eigenvalue weighted by molar-refractivity contribution is 5.93. The molecule has 4 nitrogen and oxygen atoms in total. The number of hydrogen-bond donors (Lipinski definition) is 2. The maximum atomic E-state index is 12.9. The second kappa shape index (κ2) is 7.74. The van der Waals surface area contributed by atoms with Crippen molar-refractivity contribution in [3.8, 4) is 5.75 Å². The third kappa shape index (κ3) is 4.79.